The zero-order chi connectivity index (χ0) is 10.7. The summed E-state index contributed by atoms with van der Waals surface area (Å²) in [5.41, 5.74) is 0.576. The third-order valence-electron chi connectivity index (χ3n) is 2.89. The summed E-state index contributed by atoms with van der Waals surface area (Å²) in [6, 6.07) is 2.14. The van der Waals surface area contributed by atoms with Crippen molar-refractivity contribution in [3.8, 4) is 6.07 Å². The molecule has 2 heterocycles. The molecule has 0 unspecified atom stereocenters. The summed E-state index contributed by atoms with van der Waals surface area (Å²) < 4.78 is 0. The van der Waals surface area contributed by atoms with E-state index in [-0.39, 0.29) is 0 Å². The number of rotatable bonds is 1. The summed E-state index contributed by atoms with van der Waals surface area (Å²) in [5, 5.41) is 8.94. The Morgan fingerprint density at radius 1 is 1.47 bits per heavy atom. The molecule has 0 N–H and O–H groups in total. The first-order valence-electron chi connectivity index (χ1n) is 5.26. The fourth-order valence-electron chi connectivity index (χ4n) is 1.87. The lowest BCUT2D eigenvalue weighted by Gasteiger charge is -2.31. The van der Waals surface area contributed by atoms with Crippen molar-refractivity contribution < 1.29 is 0 Å². The quantitative estimate of drug-likeness (QED) is 0.693. The maximum absolute atomic E-state index is 8.94. The number of hydrogen-bond donors (Lipinski definition) is 0. The van der Waals surface area contributed by atoms with Gasteiger partial charge in [0.2, 0.25) is 0 Å². The van der Waals surface area contributed by atoms with E-state index in [0.29, 0.717) is 5.56 Å². The zero-order valence-electron chi connectivity index (χ0n) is 8.85. The van der Waals surface area contributed by atoms with Gasteiger partial charge in [0.15, 0.2) is 0 Å². The van der Waals surface area contributed by atoms with E-state index < -0.39 is 0 Å². The molecular formula is C11H14N4. The average Bonchev–Trinajstić information content (AvgIpc) is 2.30. The summed E-state index contributed by atoms with van der Waals surface area (Å²) in [6.45, 7) is 4.25. The second-order valence-electron chi connectivity index (χ2n) is 4.04. The molecule has 0 aromatic carbocycles. The maximum atomic E-state index is 8.94. The van der Waals surface area contributed by atoms with E-state index in [2.05, 4.69) is 27.9 Å². The van der Waals surface area contributed by atoms with Gasteiger partial charge in [-0.3, -0.25) is 0 Å². The van der Waals surface area contributed by atoms with Crippen LogP contribution in [0.1, 0.15) is 25.3 Å². The summed E-state index contributed by atoms with van der Waals surface area (Å²) in [6.07, 6.45) is 5.44. The smallest absolute Gasteiger partial charge is 0.149 e. The number of nitrogens with zero attached hydrogens (tertiary/aromatic N) is 4. The van der Waals surface area contributed by atoms with Gasteiger partial charge >= 0.3 is 0 Å². The van der Waals surface area contributed by atoms with E-state index in [1.807, 2.05) is 0 Å². The Morgan fingerprint density at radius 3 is 2.87 bits per heavy atom. The Labute approximate surface area is 89.6 Å². The van der Waals surface area contributed by atoms with Crippen LogP contribution in [0.2, 0.25) is 0 Å². The fraction of sp³-hybridized carbons (Fsp3) is 0.545. The van der Waals surface area contributed by atoms with Crippen LogP contribution in [-0.2, 0) is 0 Å². The van der Waals surface area contributed by atoms with E-state index in [9.17, 15) is 0 Å². The number of anilines is 1. The van der Waals surface area contributed by atoms with Gasteiger partial charge in [-0.1, -0.05) is 6.92 Å². The monoisotopic (exact) mass is 202 g/mol. The van der Waals surface area contributed by atoms with Gasteiger partial charge in [-0.2, -0.15) is 5.26 Å². The summed E-state index contributed by atoms with van der Waals surface area (Å²) in [7, 11) is 0. The molecule has 2 rings (SSSR count). The van der Waals surface area contributed by atoms with Gasteiger partial charge < -0.3 is 4.90 Å². The van der Waals surface area contributed by atoms with Gasteiger partial charge in [0, 0.05) is 13.1 Å². The molecule has 1 aromatic heterocycles. The lowest BCUT2D eigenvalue weighted by atomic mass is 9.99. The first-order valence-corrected chi connectivity index (χ1v) is 5.26. The topological polar surface area (TPSA) is 52.8 Å². The third kappa shape index (κ3) is 2.07. The molecule has 1 aromatic rings. The van der Waals surface area contributed by atoms with Crippen LogP contribution >= 0.6 is 0 Å². The highest BCUT2D eigenvalue weighted by molar-refractivity contribution is 5.52. The van der Waals surface area contributed by atoms with Gasteiger partial charge in [0.25, 0.3) is 0 Å². The molecule has 1 aliphatic rings. The molecule has 0 saturated carbocycles. The van der Waals surface area contributed by atoms with Crippen LogP contribution in [0.5, 0.6) is 0 Å². The molecule has 0 amide bonds. The minimum atomic E-state index is 0.576. The predicted octanol–water partition coefficient (Wildman–Crippen LogP) is 1.58. The van der Waals surface area contributed by atoms with Crippen molar-refractivity contribution in [2.75, 3.05) is 18.0 Å². The van der Waals surface area contributed by atoms with Crippen molar-refractivity contribution in [3.63, 3.8) is 0 Å². The molecular weight excluding hydrogens is 188 g/mol. The highest BCUT2D eigenvalue weighted by Gasteiger charge is 2.19. The SMILES string of the molecule is CC1CCN(c2ncncc2C#N)CC1. The molecule has 0 aliphatic carbocycles. The van der Waals surface area contributed by atoms with Crippen LogP contribution in [0.15, 0.2) is 12.5 Å². The Bertz CT molecular complexity index is 374. The predicted molar refractivity (Wildman–Crippen MR) is 57.4 cm³/mol. The Morgan fingerprint density at radius 2 is 2.20 bits per heavy atom. The Kier molecular flexibility index (Phi) is 2.82. The zero-order valence-corrected chi connectivity index (χ0v) is 8.85. The molecule has 78 valence electrons. The van der Waals surface area contributed by atoms with Gasteiger partial charge in [0.05, 0.1) is 6.20 Å². The fourth-order valence-corrected chi connectivity index (χ4v) is 1.87. The summed E-state index contributed by atoms with van der Waals surface area (Å²) in [4.78, 5) is 10.2. The average molecular weight is 202 g/mol. The van der Waals surface area contributed by atoms with Crippen LogP contribution < -0.4 is 4.90 Å². The largest absolute Gasteiger partial charge is 0.355 e. The second kappa shape index (κ2) is 4.26. The van der Waals surface area contributed by atoms with Crippen molar-refractivity contribution in [1.29, 1.82) is 5.26 Å². The summed E-state index contributed by atoms with van der Waals surface area (Å²) in [5.74, 6) is 1.58. The first kappa shape index (κ1) is 9.91. The lowest BCUT2D eigenvalue weighted by Crippen LogP contribution is -2.33. The van der Waals surface area contributed by atoms with Gasteiger partial charge in [0.1, 0.15) is 23.8 Å². The highest BCUT2D eigenvalue weighted by atomic mass is 15.2. The molecule has 4 nitrogen and oxygen atoms in total. The molecule has 1 fully saturated rings. The Hall–Kier alpha value is -1.63. The van der Waals surface area contributed by atoms with Crippen molar-refractivity contribution in [1.82, 2.24) is 9.97 Å². The molecule has 0 atom stereocenters. The molecule has 15 heavy (non-hydrogen) atoms. The Balaban J connectivity index is 2.19. The minimum Gasteiger partial charge on any atom is -0.355 e. The number of piperidine rings is 1. The van der Waals surface area contributed by atoms with Crippen LogP contribution in [0.25, 0.3) is 0 Å². The first-order chi connectivity index (χ1) is 7.31. The van der Waals surface area contributed by atoms with Gasteiger partial charge in [-0.15, -0.1) is 0 Å². The van der Waals surface area contributed by atoms with Crippen molar-refractivity contribution >= 4 is 5.82 Å². The van der Waals surface area contributed by atoms with Gasteiger partial charge in [-0.25, -0.2) is 9.97 Å². The van der Waals surface area contributed by atoms with Crippen LogP contribution in [0.4, 0.5) is 5.82 Å². The van der Waals surface area contributed by atoms with Crippen LogP contribution in [-0.4, -0.2) is 23.1 Å². The number of hydrogen-bond acceptors (Lipinski definition) is 4. The standard InChI is InChI=1S/C11H14N4/c1-9-2-4-15(5-3-9)11-10(6-12)7-13-8-14-11/h7-9H,2-5H2,1H3. The molecule has 1 saturated heterocycles. The van der Waals surface area contributed by atoms with Crippen molar-refractivity contribution in [2.24, 2.45) is 5.92 Å². The van der Waals surface area contributed by atoms with Crippen LogP contribution in [0.3, 0.4) is 0 Å². The van der Waals surface area contributed by atoms with E-state index in [1.165, 1.54) is 19.2 Å². The van der Waals surface area contributed by atoms with Crippen molar-refractivity contribution in [3.05, 3.63) is 18.1 Å². The van der Waals surface area contributed by atoms with E-state index in [1.54, 1.807) is 6.20 Å². The van der Waals surface area contributed by atoms with E-state index >= 15 is 0 Å². The molecule has 4 heteroatoms. The molecule has 0 radical (unpaired) electrons. The van der Waals surface area contributed by atoms with E-state index in [4.69, 9.17) is 5.26 Å². The third-order valence-corrected chi connectivity index (χ3v) is 2.89. The van der Waals surface area contributed by atoms with Crippen LogP contribution in [0, 0.1) is 17.2 Å². The summed E-state index contributed by atoms with van der Waals surface area (Å²) >= 11 is 0. The highest BCUT2D eigenvalue weighted by Crippen LogP contribution is 2.22. The van der Waals surface area contributed by atoms with Gasteiger partial charge in [-0.05, 0) is 18.8 Å². The number of aromatic nitrogens is 2. The molecule has 0 spiro atoms. The second-order valence-corrected chi connectivity index (χ2v) is 4.04. The molecule has 1 aliphatic heterocycles. The lowest BCUT2D eigenvalue weighted by molar-refractivity contribution is 0.436. The minimum absolute atomic E-state index is 0.576. The molecule has 0 bridgehead atoms. The van der Waals surface area contributed by atoms with E-state index in [0.717, 1.165) is 24.8 Å². The van der Waals surface area contributed by atoms with Crippen molar-refractivity contribution in [2.45, 2.75) is 19.8 Å². The number of nitriles is 1. The normalized spacial score (nSPS) is 17.5. The maximum Gasteiger partial charge on any atom is 0.149 e.